The molecule has 1 aromatic heterocycles. The van der Waals surface area contributed by atoms with Crippen molar-refractivity contribution in [3.8, 4) is 0 Å². The number of nitrogens with zero attached hydrogens (tertiary/aromatic N) is 3. The van der Waals surface area contributed by atoms with Crippen molar-refractivity contribution in [3.63, 3.8) is 0 Å². The van der Waals surface area contributed by atoms with Gasteiger partial charge >= 0.3 is 0 Å². The van der Waals surface area contributed by atoms with Crippen LogP contribution in [-0.4, -0.2) is 30.6 Å². The number of aliphatic imine (C=N–C) groups is 1. The van der Waals surface area contributed by atoms with Crippen LogP contribution in [-0.2, 0) is 6.54 Å². The second-order valence-electron chi connectivity index (χ2n) is 7.84. The highest BCUT2D eigenvalue weighted by Crippen LogP contribution is 2.24. The molecular weight excluding hydrogens is 370 g/mol. The van der Waals surface area contributed by atoms with Crippen molar-refractivity contribution in [1.82, 2.24) is 15.6 Å². The first-order chi connectivity index (χ1) is 14.7. The molecule has 5 nitrogen and oxygen atoms in total. The van der Waals surface area contributed by atoms with Crippen LogP contribution in [0.25, 0.3) is 10.9 Å². The van der Waals surface area contributed by atoms with Gasteiger partial charge in [0.1, 0.15) is 0 Å². The summed E-state index contributed by atoms with van der Waals surface area (Å²) in [5, 5.41) is 8.10. The van der Waals surface area contributed by atoms with Crippen LogP contribution >= 0.6 is 0 Å². The predicted octanol–water partition coefficient (Wildman–Crippen LogP) is 4.65. The lowest BCUT2D eigenvalue weighted by molar-refractivity contribution is 0.686. The van der Waals surface area contributed by atoms with Gasteiger partial charge in [-0.15, -0.1) is 0 Å². The van der Waals surface area contributed by atoms with Crippen LogP contribution in [0.5, 0.6) is 0 Å². The van der Waals surface area contributed by atoms with Crippen molar-refractivity contribution in [2.75, 3.05) is 24.5 Å². The van der Waals surface area contributed by atoms with Gasteiger partial charge in [0.25, 0.3) is 0 Å². The van der Waals surface area contributed by atoms with E-state index in [9.17, 15) is 0 Å². The number of benzene rings is 2. The van der Waals surface area contributed by atoms with Gasteiger partial charge in [0.2, 0.25) is 0 Å². The van der Waals surface area contributed by atoms with E-state index in [0.29, 0.717) is 6.54 Å². The second-order valence-corrected chi connectivity index (χ2v) is 7.84. The fourth-order valence-electron chi connectivity index (χ4n) is 4.03. The van der Waals surface area contributed by atoms with Crippen molar-refractivity contribution < 1.29 is 0 Å². The Kier molecular flexibility index (Phi) is 6.47. The SMILES string of the molecule is CCNC(=NCc1cccc2cccnc12)NC(C)c1cccc(N2CCCC2)c1. The number of guanidine groups is 1. The van der Waals surface area contributed by atoms with Gasteiger partial charge in [0.05, 0.1) is 18.1 Å². The fourth-order valence-corrected chi connectivity index (χ4v) is 4.03. The normalized spacial score (nSPS) is 15.4. The Morgan fingerprint density at radius 2 is 1.90 bits per heavy atom. The van der Waals surface area contributed by atoms with Gasteiger partial charge in [-0.3, -0.25) is 4.98 Å². The smallest absolute Gasteiger partial charge is 0.192 e. The highest BCUT2D eigenvalue weighted by atomic mass is 15.2. The van der Waals surface area contributed by atoms with E-state index in [2.05, 4.69) is 82.9 Å². The van der Waals surface area contributed by atoms with Crippen LogP contribution in [0.1, 0.15) is 43.9 Å². The lowest BCUT2D eigenvalue weighted by Gasteiger charge is -2.22. The molecule has 0 bridgehead atoms. The van der Waals surface area contributed by atoms with Gasteiger partial charge in [-0.05, 0) is 56.0 Å². The Bertz CT molecular complexity index is 1000. The summed E-state index contributed by atoms with van der Waals surface area (Å²) in [5.74, 6) is 0.824. The number of hydrogen-bond acceptors (Lipinski definition) is 3. The third kappa shape index (κ3) is 4.73. The molecule has 30 heavy (non-hydrogen) atoms. The number of anilines is 1. The van der Waals surface area contributed by atoms with Gasteiger partial charge in [0.15, 0.2) is 5.96 Å². The maximum absolute atomic E-state index is 4.84. The van der Waals surface area contributed by atoms with E-state index in [1.165, 1.54) is 24.1 Å². The van der Waals surface area contributed by atoms with E-state index < -0.39 is 0 Å². The molecule has 2 heterocycles. The lowest BCUT2D eigenvalue weighted by atomic mass is 10.1. The van der Waals surface area contributed by atoms with E-state index >= 15 is 0 Å². The number of rotatable bonds is 6. The summed E-state index contributed by atoms with van der Waals surface area (Å²) in [5.41, 5.74) is 4.75. The Morgan fingerprint density at radius 3 is 2.73 bits per heavy atom. The topological polar surface area (TPSA) is 52.6 Å². The Hall–Kier alpha value is -3.08. The van der Waals surface area contributed by atoms with Crippen molar-refractivity contribution in [1.29, 1.82) is 0 Å². The van der Waals surface area contributed by atoms with Gasteiger partial charge in [0, 0.05) is 36.9 Å². The molecule has 1 fully saturated rings. The zero-order valence-corrected chi connectivity index (χ0v) is 17.9. The maximum atomic E-state index is 4.84. The molecule has 1 aliphatic heterocycles. The number of hydrogen-bond donors (Lipinski definition) is 2. The second kappa shape index (κ2) is 9.61. The van der Waals surface area contributed by atoms with Crippen LogP contribution in [0.15, 0.2) is 65.8 Å². The van der Waals surface area contributed by atoms with Gasteiger partial charge < -0.3 is 15.5 Å². The van der Waals surface area contributed by atoms with Crippen molar-refractivity contribution in [2.24, 2.45) is 4.99 Å². The Morgan fingerprint density at radius 1 is 1.10 bits per heavy atom. The highest BCUT2D eigenvalue weighted by Gasteiger charge is 2.14. The molecule has 0 aliphatic carbocycles. The van der Waals surface area contributed by atoms with Crippen molar-refractivity contribution in [2.45, 2.75) is 39.3 Å². The van der Waals surface area contributed by atoms with E-state index in [-0.39, 0.29) is 6.04 Å². The minimum absolute atomic E-state index is 0.163. The summed E-state index contributed by atoms with van der Waals surface area (Å²) < 4.78 is 0. The third-order valence-corrected chi connectivity index (χ3v) is 5.66. The average molecular weight is 402 g/mol. The maximum Gasteiger partial charge on any atom is 0.192 e. The molecule has 3 aromatic rings. The Labute approximate surface area is 179 Å². The standard InChI is InChI=1S/C25H31N5/c1-3-26-25(28-18-22-11-6-9-20-12-8-14-27-24(20)22)29-19(2)21-10-7-13-23(17-21)30-15-4-5-16-30/h6-14,17,19H,3-5,15-16,18H2,1-2H3,(H2,26,28,29). The first-order valence-electron chi connectivity index (χ1n) is 11.0. The van der Waals surface area contributed by atoms with E-state index in [0.717, 1.165) is 42.1 Å². The molecule has 0 radical (unpaired) electrons. The highest BCUT2D eigenvalue weighted by molar-refractivity contribution is 5.83. The van der Waals surface area contributed by atoms with Crippen molar-refractivity contribution in [3.05, 3.63) is 71.9 Å². The zero-order chi connectivity index (χ0) is 20.8. The molecule has 1 atom stereocenters. The minimum Gasteiger partial charge on any atom is -0.372 e. The molecule has 156 valence electrons. The number of para-hydroxylation sites is 1. The molecule has 1 aliphatic rings. The Balaban J connectivity index is 1.49. The molecule has 2 N–H and O–H groups in total. The van der Waals surface area contributed by atoms with Crippen molar-refractivity contribution >= 4 is 22.5 Å². The largest absolute Gasteiger partial charge is 0.372 e. The first kappa shape index (κ1) is 20.2. The number of aromatic nitrogens is 1. The van der Waals surface area contributed by atoms with Crippen LogP contribution < -0.4 is 15.5 Å². The third-order valence-electron chi connectivity index (χ3n) is 5.66. The predicted molar refractivity (Wildman–Crippen MR) is 126 cm³/mol. The van der Waals surface area contributed by atoms with Crippen LogP contribution in [0.4, 0.5) is 5.69 Å². The van der Waals surface area contributed by atoms with Crippen LogP contribution in [0.3, 0.4) is 0 Å². The molecule has 5 heteroatoms. The number of nitrogens with one attached hydrogen (secondary N) is 2. The van der Waals surface area contributed by atoms with Gasteiger partial charge in [-0.25, -0.2) is 4.99 Å². The van der Waals surface area contributed by atoms with Gasteiger partial charge in [-0.1, -0.05) is 36.4 Å². The molecule has 4 rings (SSSR count). The minimum atomic E-state index is 0.163. The molecule has 0 saturated carbocycles. The molecule has 0 spiro atoms. The average Bonchev–Trinajstić information content (AvgIpc) is 3.33. The summed E-state index contributed by atoms with van der Waals surface area (Å²) >= 11 is 0. The summed E-state index contributed by atoms with van der Waals surface area (Å²) in [6.45, 7) is 8.01. The van der Waals surface area contributed by atoms with E-state index in [1.54, 1.807) is 0 Å². The molecule has 2 aromatic carbocycles. The molecule has 1 saturated heterocycles. The van der Waals surface area contributed by atoms with Crippen LogP contribution in [0, 0.1) is 0 Å². The molecule has 0 amide bonds. The fraction of sp³-hybridized carbons (Fsp3) is 0.360. The zero-order valence-electron chi connectivity index (χ0n) is 17.9. The lowest BCUT2D eigenvalue weighted by Crippen LogP contribution is -2.38. The summed E-state index contributed by atoms with van der Waals surface area (Å²) in [4.78, 5) is 11.9. The van der Waals surface area contributed by atoms with Crippen LogP contribution in [0.2, 0.25) is 0 Å². The van der Waals surface area contributed by atoms with E-state index in [1.807, 2.05) is 12.3 Å². The van der Waals surface area contributed by atoms with E-state index in [4.69, 9.17) is 4.99 Å². The quantitative estimate of drug-likeness (QED) is 0.466. The number of fused-ring (bicyclic) bond motifs is 1. The summed E-state index contributed by atoms with van der Waals surface area (Å²) in [6, 6.07) is 19.4. The summed E-state index contributed by atoms with van der Waals surface area (Å²) in [7, 11) is 0. The number of pyridine rings is 1. The van der Waals surface area contributed by atoms with Gasteiger partial charge in [-0.2, -0.15) is 0 Å². The molecular formula is C25H31N5. The summed E-state index contributed by atoms with van der Waals surface area (Å²) in [6.07, 6.45) is 4.42. The first-order valence-corrected chi connectivity index (χ1v) is 11.0. The monoisotopic (exact) mass is 401 g/mol. The molecule has 1 unspecified atom stereocenters.